The molecular formula is C26H38N4O2S. The van der Waals surface area contributed by atoms with Crippen LogP contribution in [0.1, 0.15) is 72.9 Å². The molecule has 1 saturated heterocycles. The van der Waals surface area contributed by atoms with E-state index in [0.717, 1.165) is 55.9 Å². The zero-order valence-corrected chi connectivity index (χ0v) is 21.2. The van der Waals surface area contributed by atoms with Gasteiger partial charge in [-0.1, -0.05) is 50.1 Å². The lowest BCUT2D eigenvalue weighted by Crippen LogP contribution is -2.47. The van der Waals surface area contributed by atoms with E-state index in [2.05, 4.69) is 22.6 Å². The van der Waals surface area contributed by atoms with Crippen LogP contribution in [0.5, 0.6) is 0 Å². The standard InChI is InChI=1S/C26H38N4O2S/c1-19-17-22(24(31)29(2)3)10-9-21(19)11-16-33-30-14-12-26(13-15-30)25(32)27-23(28-26)18-20-7-5-4-6-8-20/h9-10,17,20H,4-8,11-16,18H2,1-3H3,(H,27,28,32). The number of hydrogen-bond donors (Lipinski definition) is 1. The zero-order chi connectivity index (χ0) is 23.4. The molecule has 0 bridgehead atoms. The average molecular weight is 471 g/mol. The van der Waals surface area contributed by atoms with Crippen LogP contribution in [-0.4, -0.2) is 65.3 Å². The number of carbonyl (C=O) groups excluding carboxylic acids is 2. The molecule has 2 aliphatic heterocycles. The van der Waals surface area contributed by atoms with Gasteiger partial charge in [-0.2, -0.15) is 0 Å². The largest absolute Gasteiger partial charge is 0.345 e. The maximum absolute atomic E-state index is 12.8. The molecule has 33 heavy (non-hydrogen) atoms. The second-order valence-electron chi connectivity index (χ2n) is 10.1. The van der Waals surface area contributed by atoms with Gasteiger partial charge < -0.3 is 10.2 Å². The van der Waals surface area contributed by atoms with Gasteiger partial charge in [-0.3, -0.25) is 18.9 Å². The van der Waals surface area contributed by atoms with Crippen LogP contribution in [-0.2, 0) is 11.2 Å². The van der Waals surface area contributed by atoms with Crippen molar-refractivity contribution in [2.45, 2.75) is 70.3 Å². The van der Waals surface area contributed by atoms with Gasteiger partial charge in [0.05, 0.1) is 0 Å². The second-order valence-corrected chi connectivity index (χ2v) is 11.3. The lowest BCUT2D eigenvalue weighted by molar-refractivity contribution is -0.124. The molecule has 4 rings (SSSR count). The second kappa shape index (κ2) is 10.6. The van der Waals surface area contributed by atoms with E-state index in [1.165, 1.54) is 43.2 Å². The van der Waals surface area contributed by atoms with Gasteiger partial charge in [-0.15, -0.1) is 0 Å². The third-order valence-corrected chi connectivity index (χ3v) is 8.54. The number of aryl methyl sites for hydroxylation is 2. The minimum Gasteiger partial charge on any atom is -0.345 e. The molecule has 2 heterocycles. The smallest absolute Gasteiger partial charge is 0.253 e. The fraction of sp³-hybridized carbons (Fsp3) is 0.654. The Kier molecular flexibility index (Phi) is 7.80. The number of aliphatic imine (C=N–C) groups is 1. The van der Waals surface area contributed by atoms with E-state index in [9.17, 15) is 9.59 Å². The van der Waals surface area contributed by atoms with Crippen molar-refractivity contribution in [1.29, 1.82) is 0 Å². The van der Waals surface area contributed by atoms with Crippen LogP contribution in [0, 0.1) is 12.8 Å². The highest BCUT2D eigenvalue weighted by molar-refractivity contribution is 7.97. The molecule has 2 fully saturated rings. The Morgan fingerprint density at radius 1 is 1.21 bits per heavy atom. The number of piperidine rings is 1. The van der Waals surface area contributed by atoms with Crippen molar-refractivity contribution >= 4 is 29.6 Å². The third-order valence-electron chi connectivity index (χ3n) is 7.43. The highest BCUT2D eigenvalue weighted by Gasteiger charge is 2.45. The molecule has 0 radical (unpaired) electrons. The summed E-state index contributed by atoms with van der Waals surface area (Å²) in [5, 5.41) is 3.13. The van der Waals surface area contributed by atoms with E-state index < -0.39 is 5.54 Å². The predicted octanol–water partition coefficient (Wildman–Crippen LogP) is 4.22. The third kappa shape index (κ3) is 5.80. The summed E-state index contributed by atoms with van der Waals surface area (Å²) in [7, 11) is 3.56. The normalized spacial score (nSPS) is 21.2. The van der Waals surface area contributed by atoms with Gasteiger partial charge >= 0.3 is 0 Å². The summed E-state index contributed by atoms with van der Waals surface area (Å²) in [4.78, 5) is 31.5. The Morgan fingerprint density at radius 3 is 2.61 bits per heavy atom. The molecule has 1 saturated carbocycles. The lowest BCUT2D eigenvalue weighted by Gasteiger charge is -2.34. The maximum Gasteiger partial charge on any atom is 0.253 e. The van der Waals surface area contributed by atoms with Gasteiger partial charge in [0.1, 0.15) is 11.4 Å². The first-order valence-corrected chi connectivity index (χ1v) is 13.4. The quantitative estimate of drug-likeness (QED) is 0.606. The van der Waals surface area contributed by atoms with Crippen molar-refractivity contribution in [1.82, 2.24) is 14.5 Å². The molecule has 1 aromatic rings. The molecule has 1 spiro atoms. The summed E-state index contributed by atoms with van der Waals surface area (Å²) in [5.41, 5.74) is 2.68. The summed E-state index contributed by atoms with van der Waals surface area (Å²) in [6, 6.07) is 6.01. The maximum atomic E-state index is 12.8. The predicted molar refractivity (Wildman–Crippen MR) is 136 cm³/mol. The SMILES string of the molecule is Cc1cc(C(=O)N(C)C)ccc1CCSN1CCC2(CC1)N=C(CC1CCCCC1)NC2=O. The molecule has 0 unspecified atom stereocenters. The van der Waals surface area contributed by atoms with Crippen molar-refractivity contribution in [3.05, 3.63) is 34.9 Å². The van der Waals surface area contributed by atoms with E-state index >= 15 is 0 Å². The van der Waals surface area contributed by atoms with Crippen LogP contribution in [0.15, 0.2) is 23.2 Å². The Balaban J connectivity index is 1.24. The Hall–Kier alpha value is -1.86. The van der Waals surface area contributed by atoms with E-state index in [4.69, 9.17) is 4.99 Å². The van der Waals surface area contributed by atoms with Crippen LogP contribution in [0.4, 0.5) is 0 Å². The van der Waals surface area contributed by atoms with Gasteiger partial charge in [0.2, 0.25) is 0 Å². The van der Waals surface area contributed by atoms with E-state index in [1.54, 1.807) is 19.0 Å². The van der Waals surface area contributed by atoms with Crippen molar-refractivity contribution < 1.29 is 9.59 Å². The van der Waals surface area contributed by atoms with E-state index in [0.29, 0.717) is 5.92 Å². The molecule has 6 nitrogen and oxygen atoms in total. The molecule has 0 aromatic heterocycles. The molecular weight excluding hydrogens is 432 g/mol. The molecule has 3 aliphatic rings. The fourth-order valence-corrected chi connectivity index (χ4v) is 6.33. The summed E-state index contributed by atoms with van der Waals surface area (Å²) in [5.74, 6) is 2.81. The number of hydrogen-bond acceptors (Lipinski definition) is 5. The summed E-state index contributed by atoms with van der Waals surface area (Å²) >= 11 is 1.87. The van der Waals surface area contributed by atoms with Crippen molar-refractivity contribution in [3.63, 3.8) is 0 Å². The molecule has 1 aromatic carbocycles. The molecule has 1 aliphatic carbocycles. The number of nitrogens with zero attached hydrogens (tertiary/aromatic N) is 3. The molecule has 180 valence electrons. The van der Waals surface area contributed by atoms with Crippen molar-refractivity contribution in [2.75, 3.05) is 32.9 Å². The van der Waals surface area contributed by atoms with Crippen LogP contribution in [0.25, 0.3) is 0 Å². The minimum absolute atomic E-state index is 0.0433. The topological polar surface area (TPSA) is 65.0 Å². The average Bonchev–Trinajstić information content (AvgIpc) is 3.10. The Bertz CT molecular complexity index is 900. The Morgan fingerprint density at radius 2 is 1.94 bits per heavy atom. The van der Waals surface area contributed by atoms with E-state index in [-0.39, 0.29) is 11.8 Å². The van der Waals surface area contributed by atoms with Crippen LogP contribution in [0.2, 0.25) is 0 Å². The van der Waals surface area contributed by atoms with Crippen LogP contribution < -0.4 is 5.32 Å². The van der Waals surface area contributed by atoms with Crippen molar-refractivity contribution in [3.8, 4) is 0 Å². The Labute approximate surface area is 202 Å². The van der Waals surface area contributed by atoms with Crippen LogP contribution in [0.3, 0.4) is 0 Å². The number of amides is 2. The molecule has 0 atom stereocenters. The van der Waals surface area contributed by atoms with E-state index in [1.807, 2.05) is 24.1 Å². The summed E-state index contributed by atoms with van der Waals surface area (Å²) in [6.45, 7) is 3.87. The summed E-state index contributed by atoms with van der Waals surface area (Å²) < 4.78 is 2.40. The van der Waals surface area contributed by atoms with Crippen molar-refractivity contribution in [2.24, 2.45) is 10.9 Å². The number of nitrogens with one attached hydrogen (secondary N) is 1. The highest BCUT2D eigenvalue weighted by atomic mass is 32.2. The number of rotatable bonds is 7. The van der Waals surface area contributed by atoms with Gasteiger partial charge in [0.15, 0.2) is 0 Å². The fourth-order valence-electron chi connectivity index (χ4n) is 5.32. The number of benzene rings is 1. The van der Waals surface area contributed by atoms with Gasteiger partial charge in [0, 0.05) is 44.9 Å². The molecule has 1 N–H and O–H groups in total. The molecule has 2 amide bonds. The number of amidine groups is 1. The monoisotopic (exact) mass is 470 g/mol. The zero-order valence-electron chi connectivity index (χ0n) is 20.4. The number of carbonyl (C=O) groups is 2. The first-order chi connectivity index (χ1) is 15.9. The van der Waals surface area contributed by atoms with Crippen LogP contribution >= 0.6 is 11.9 Å². The molecule has 7 heteroatoms. The first kappa shape index (κ1) is 24.3. The van der Waals surface area contributed by atoms with Gasteiger partial charge in [-0.05, 0) is 55.4 Å². The minimum atomic E-state index is -0.521. The summed E-state index contributed by atoms with van der Waals surface area (Å²) in [6.07, 6.45) is 10.1. The van der Waals surface area contributed by atoms with Gasteiger partial charge in [0.25, 0.3) is 11.8 Å². The van der Waals surface area contributed by atoms with Gasteiger partial charge in [-0.25, -0.2) is 0 Å². The first-order valence-electron chi connectivity index (χ1n) is 12.5. The lowest BCUT2D eigenvalue weighted by atomic mass is 9.87. The highest BCUT2D eigenvalue weighted by Crippen LogP contribution is 2.34.